The quantitative estimate of drug-likeness (QED) is 0.373. The topological polar surface area (TPSA) is 142 Å². The molecule has 1 atom stereocenters. The molecule has 0 saturated carbocycles. The summed E-state index contributed by atoms with van der Waals surface area (Å²) in [6.07, 6.45) is -4.64. The predicted molar refractivity (Wildman–Crippen MR) is 121 cm³/mol. The summed E-state index contributed by atoms with van der Waals surface area (Å²) in [4.78, 5) is 25.1. The van der Waals surface area contributed by atoms with Crippen LogP contribution in [0, 0.1) is 0 Å². The first-order valence-corrected chi connectivity index (χ1v) is 10.4. The van der Waals surface area contributed by atoms with Crippen molar-refractivity contribution in [3.8, 4) is 17.2 Å². The largest absolute Gasteiger partial charge is 0.494 e. The molecule has 182 valence electrons. The van der Waals surface area contributed by atoms with Crippen LogP contribution in [0.15, 0.2) is 46.9 Å². The Kier molecular flexibility index (Phi) is 6.31. The number of methoxy groups -OCH3 is 1. The van der Waals surface area contributed by atoms with E-state index in [0.29, 0.717) is 22.5 Å². The number of benzene rings is 1. The van der Waals surface area contributed by atoms with E-state index in [9.17, 15) is 18.0 Å². The van der Waals surface area contributed by atoms with Crippen molar-refractivity contribution in [3.05, 3.63) is 65.3 Å². The zero-order chi connectivity index (χ0) is 25.3. The zero-order valence-corrected chi connectivity index (χ0v) is 18.7. The van der Waals surface area contributed by atoms with Gasteiger partial charge in [0.2, 0.25) is 5.89 Å². The van der Waals surface area contributed by atoms with Gasteiger partial charge in [0.15, 0.2) is 11.5 Å². The van der Waals surface area contributed by atoms with Gasteiger partial charge in [-0.05, 0) is 43.3 Å². The number of aromatic nitrogens is 3. The number of nitrogen functional groups attached to an aromatic ring is 1. The summed E-state index contributed by atoms with van der Waals surface area (Å²) in [5, 5.41) is 2.99. The van der Waals surface area contributed by atoms with Crippen molar-refractivity contribution in [2.24, 2.45) is 5.73 Å². The van der Waals surface area contributed by atoms with Crippen LogP contribution >= 0.6 is 0 Å². The summed E-state index contributed by atoms with van der Waals surface area (Å²) < 4.78 is 50.7. The normalized spacial score (nSPS) is 12.5. The van der Waals surface area contributed by atoms with Crippen LogP contribution in [-0.2, 0) is 12.7 Å². The smallest absolute Gasteiger partial charge is 0.433 e. The molecule has 0 unspecified atom stereocenters. The molecule has 1 amide bonds. The van der Waals surface area contributed by atoms with Gasteiger partial charge in [0.25, 0.3) is 5.91 Å². The van der Waals surface area contributed by atoms with E-state index >= 15 is 0 Å². The highest BCUT2D eigenvalue weighted by atomic mass is 19.4. The van der Waals surface area contributed by atoms with Gasteiger partial charge in [-0.25, -0.2) is 15.0 Å². The minimum Gasteiger partial charge on any atom is -0.494 e. The molecule has 3 heterocycles. The molecule has 0 bridgehead atoms. The van der Waals surface area contributed by atoms with E-state index in [2.05, 4.69) is 20.3 Å². The Morgan fingerprint density at radius 1 is 1.14 bits per heavy atom. The van der Waals surface area contributed by atoms with E-state index in [0.717, 1.165) is 6.07 Å². The maximum atomic E-state index is 13.2. The molecular formula is C23H21F3N6O3. The molecule has 0 aliphatic rings. The van der Waals surface area contributed by atoms with E-state index in [1.54, 1.807) is 31.2 Å². The zero-order valence-electron chi connectivity index (χ0n) is 18.7. The van der Waals surface area contributed by atoms with E-state index in [1.807, 2.05) is 0 Å². The molecule has 5 N–H and O–H groups in total. The van der Waals surface area contributed by atoms with Gasteiger partial charge in [0.1, 0.15) is 22.8 Å². The Hall–Kier alpha value is -4.19. The van der Waals surface area contributed by atoms with Gasteiger partial charge in [-0.3, -0.25) is 4.79 Å². The highest BCUT2D eigenvalue weighted by Gasteiger charge is 2.33. The molecule has 0 aliphatic carbocycles. The number of ether oxygens (including phenoxy) is 1. The van der Waals surface area contributed by atoms with Gasteiger partial charge in [-0.1, -0.05) is 6.07 Å². The lowest BCUT2D eigenvalue weighted by Gasteiger charge is -2.11. The van der Waals surface area contributed by atoms with Crippen molar-refractivity contribution in [2.75, 3.05) is 12.8 Å². The molecule has 0 aliphatic heterocycles. The number of pyridine rings is 2. The fourth-order valence-electron chi connectivity index (χ4n) is 3.47. The van der Waals surface area contributed by atoms with Crippen molar-refractivity contribution in [2.45, 2.75) is 25.7 Å². The van der Waals surface area contributed by atoms with Crippen LogP contribution in [0.3, 0.4) is 0 Å². The van der Waals surface area contributed by atoms with Crippen molar-refractivity contribution >= 4 is 22.6 Å². The van der Waals surface area contributed by atoms with Crippen LogP contribution < -0.4 is 21.5 Å². The second-order valence-electron chi connectivity index (χ2n) is 7.66. The maximum Gasteiger partial charge on any atom is 0.433 e. The number of rotatable bonds is 6. The molecule has 0 saturated heterocycles. The van der Waals surface area contributed by atoms with Gasteiger partial charge in [-0.15, -0.1) is 0 Å². The third-order valence-corrected chi connectivity index (χ3v) is 5.10. The molecule has 1 aromatic carbocycles. The standard InChI is InChI=1S/C23H21F3N6O3/c1-11(27)20-19(21(33)29-10-12-4-3-5-17(28)30-12)32-22(35-20)14-6-8-15(34-2)18-13(14)7-9-16(31-18)23(24,25)26/h3-9,11H,10,27H2,1-2H3,(H2,28,30)(H,29,33)/t11-/m0/s1. The third kappa shape index (κ3) is 4.87. The van der Waals surface area contributed by atoms with Crippen LogP contribution in [0.25, 0.3) is 22.4 Å². The van der Waals surface area contributed by atoms with Crippen molar-refractivity contribution in [1.29, 1.82) is 0 Å². The molecular weight excluding hydrogens is 465 g/mol. The summed E-state index contributed by atoms with van der Waals surface area (Å²) in [7, 11) is 1.33. The molecule has 12 heteroatoms. The average Bonchev–Trinajstić information content (AvgIpc) is 3.27. The van der Waals surface area contributed by atoms with Crippen LogP contribution in [0.5, 0.6) is 5.75 Å². The molecule has 0 spiro atoms. The number of nitrogens with one attached hydrogen (secondary N) is 1. The number of carbonyl (C=O) groups excluding carboxylic acids is 1. The summed E-state index contributed by atoms with van der Waals surface area (Å²) in [6.45, 7) is 1.70. The minimum atomic E-state index is -4.64. The summed E-state index contributed by atoms with van der Waals surface area (Å²) in [6, 6.07) is 9.45. The first-order valence-electron chi connectivity index (χ1n) is 10.4. The maximum absolute atomic E-state index is 13.2. The Balaban J connectivity index is 1.74. The van der Waals surface area contributed by atoms with Gasteiger partial charge in [-0.2, -0.15) is 13.2 Å². The van der Waals surface area contributed by atoms with E-state index in [4.69, 9.17) is 20.6 Å². The number of amides is 1. The first kappa shape index (κ1) is 24.0. The lowest BCUT2D eigenvalue weighted by molar-refractivity contribution is -0.140. The molecule has 3 aromatic heterocycles. The highest BCUT2D eigenvalue weighted by Crippen LogP contribution is 2.37. The first-order chi connectivity index (χ1) is 16.6. The molecule has 0 radical (unpaired) electrons. The number of nitrogens with zero attached hydrogens (tertiary/aromatic N) is 3. The predicted octanol–water partition coefficient (Wildman–Crippen LogP) is 3.84. The van der Waals surface area contributed by atoms with Crippen LogP contribution in [0.2, 0.25) is 0 Å². The van der Waals surface area contributed by atoms with Gasteiger partial charge in [0, 0.05) is 10.9 Å². The fraction of sp³-hybridized carbons (Fsp3) is 0.217. The number of oxazole rings is 1. The van der Waals surface area contributed by atoms with E-state index in [-0.39, 0.29) is 35.2 Å². The third-order valence-electron chi connectivity index (χ3n) is 5.10. The van der Waals surface area contributed by atoms with Crippen LogP contribution in [-0.4, -0.2) is 28.0 Å². The SMILES string of the molecule is COc1ccc(-c2nc(C(=O)NCc3cccc(N)n3)c([C@H](C)N)o2)c2ccc(C(F)(F)F)nc12. The number of anilines is 1. The Morgan fingerprint density at radius 3 is 2.57 bits per heavy atom. The fourth-order valence-corrected chi connectivity index (χ4v) is 3.47. The van der Waals surface area contributed by atoms with Gasteiger partial charge in [0.05, 0.1) is 25.4 Å². The van der Waals surface area contributed by atoms with Crippen molar-refractivity contribution in [3.63, 3.8) is 0 Å². The highest BCUT2D eigenvalue weighted by molar-refractivity contribution is 5.98. The number of hydrogen-bond acceptors (Lipinski definition) is 8. The Bertz CT molecular complexity index is 1400. The molecule has 4 aromatic rings. The van der Waals surface area contributed by atoms with Crippen molar-refractivity contribution in [1.82, 2.24) is 20.3 Å². The summed E-state index contributed by atoms with van der Waals surface area (Å²) >= 11 is 0. The second-order valence-corrected chi connectivity index (χ2v) is 7.66. The Morgan fingerprint density at radius 2 is 1.91 bits per heavy atom. The summed E-state index contributed by atoms with van der Waals surface area (Å²) in [5.41, 5.74) is 11.4. The Labute approximate surface area is 197 Å². The number of hydrogen-bond donors (Lipinski definition) is 3. The monoisotopic (exact) mass is 486 g/mol. The average molecular weight is 486 g/mol. The number of nitrogens with two attached hydrogens (primary N) is 2. The minimum absolute atomic E-state index is 0.00116. The van der Waals surface area contributed by atoms with E-state index in [1.165, 1.54) is 19.2 Å². The van der Waals surface area contributed by atoms with Crippen LogP contribution in [0.4, 0.5) is 19.0 Å². The molecule has 0 fully saturated rings. The lowest BCUT2D eigenvalue weighted by Crippen LogP contribution is -2.25. The lowest BCUT2D eigenvalue weighted by atomic mass is 10.1. The van der Waals surface area contributed by atoms with Gasteiger partial charge >= 0.3 is 6.18 Å². The van der Waals surface area contributed by atoms with Crippen LogP contribution in [0.1, 0.15) is 40.6 Å². The number of alkyl halides is 3. The molecule has 9 nitrogen and oxygen atoms in total. The van der Waals surface area contributed by atoms with Gasteiger partial charge < -0.3 is 25.9 Å². The number of fused-ring (bicyclic) bond motifs is 1. The van der Waals surface area contributed by atoms with Crippen molar-refractivity contribution < 1.29 is 27.1 Å². The number of carbonyl (C=O) groups is 1. The van der Waals surface area contributed by atoms with E-state index < -0.39 is 23.8 Å². The summed E-state index contributed by atoms with van der Waals surface area (Å²) in [5.74, 6) is -0.000668. The molecule has 35 heavy (non-hydrogen) atoms. The molecule has 4 rings (SSSR count). The number of halogens is 3. The second kappa shape index (κ2) is 9.22.